The zero-order chi connectivity index (χ0) is 38.2. The summed E-state index contributed by atoms with van der Waals surface area (Å²) in [4.78, 5) is 41.4. The maximum absolute atomic E-state index is 13.3. The Balaban J connectivity index is 1.01. The molecule has 3 aliphatic heterocycles. The van der Waals surface area contributed by atoms with Crippen molar-refractivity contribution in [3.05, 3.63) is 125 Å². The van der Waals surface area contributed by atoms with Crippen LogP contribution in [0.4, 0.5) is 5.69 Å². The summed E-state index contributed by atoms with van der Waals surface area (Å²) in [5.74, 6) is -0.565. The zero-order valence-electron chi connectivity index (χ0n) is 30.9. The third-order valence-corrected chi connectivity index (χ3v) is 11.0. The van der Waals surface area contributed by atoms with E-state index in [0.717, 1.165) is 65.0 Å². The van der Waals surface area contributed by atoms with Crippen molar-refractivity contribution >= 4 is 23.4 Å². The van der Waals surface area contributed by atoms with E-state index in [1.165, 1.54) is 0 Å². The highest BCUT2D eigenvalue weighted by Crippen LogP contribution is 2.40. The minimum atomic E-state index is -0.592. The number of rotatable bonds is 13. The molecule has 12 heteroatoms. The maximum atomic E-state index is 13.3. The van der Waals surface area contributed by atoms with Gasteiger partial charge in [0, 0.05) is 56.7 Å². The number of hydroxylamine groups is 1. The molecule has 4 aromatic carbocycles. The summed E-state index contributed by atoms with van der Waals surface area (Å²) in [6.45, 7) is 3.13. The van der Waals surface area contributed by atoms with Gasteiger partial charge in [0.05, 0.1) is 25.5 Å². The Bertz CT molecular complexity index is 1920. The van der Waals surface area contributed by atoms with Crippen LogP contribution in [-0.2, 0) is 37.0 Å². The third-order valence-electron chi connectivity index (χ3n) is 11.0. The number of likely N-dealkylation sites (tertiary alicyclic amines) is 1. The maximum Gasteiger partial charge on any atom is 0.247 e. The van der Waals surface area contributed by atoms with Gasteiger partial charge in [-0.15, -0.1) is 0 Å². The number of hydrogen-bond acceptors (Lipinski definition) is 9. The van der Waals surface area contributed by atoms with Gasteiger partial charge in [-0.2, -0.15) is 0 Å². The number of carbonyl (C=O) groups is 3. The number of aliphatic hydroxyl groups is 1. The molecule has 0 radical (unpaired) electrons. The Kier molecular flexibility index (Phi) is 12.2. The molecule has 5 N–H and O–H groups in total. The molecule has 3 amide bonds. The summed E-state index contributed by atoms with van der Waals surface area (Å²) < 4.78 is 13.3. The second-order valence-electron chi connectivity index (χ2n) is 14.6. The second kappa shape index (κ2) is 17.6. The van der Waals surface area contributed by atoms with E-state index in [1.807, 2.05) is 78.9 Å². The number of nitrogens with zero attached hydrogens (tertiary/aromatic N) is 2. The first-order valence-electron chi connectivity index (χ1n) is 19.1. The monoisotopic (exact) mass is 747 g/mol. The summed E-state index contributed by atoms with van der Waals surface area (Å²) in [7, 11) is 0. The molecule has 4 aromatic rings. The fourth-order valence-electron chi connectivity index (χ4n) is 7.91. The van der Waals surface area contributed by atoms with Crippen LogP contribution in [0.5, 0.6) is 0 Å². The number of hydrogen-bond donors (Lipinski definition) is 5. The molecule has 3 atom stereocenters. The number of benzene rings is 4. The van der Waals surface area contributed by atoms with Crippen LogP contribution in [0.15, 0.2) is 103 Å². The lowest BCUT2D eigenvalue weighted by Gasteiger charge is -2.45. The smallest absolute Gasteiger partial charge is 0.247 e. The summed E-state index contributed by atoms with van der Waals surface area (Å²) in [5.41, 5.74) is 7.84. The molecule has 0 bridgehead atoms. The lowest BCUT2D eigenvalue weighted by molar-refractivity contribution is -0.253. The Morgan fingerprint density at radius 3 is 2.27 bits per heavy atom. The highest BCUT2D eigenvalue weighted by atomic mass is 16.7. The Labute approximate surface area is 321 Å². The molecule has 55 heavy (non-hydrogen) atoms. The number of piperidine rings is 1. The van der Waals surface area contributed by atoms with Crippen LogP contribution in [-0.4, -0.2) is 70.9 Å². The molecule has 7 rings (SSSR count). The lowest BCUT2D eigenvalue weighted by atomic mass is 9.85. The van der Waals surface area contributed by atoms with Gasteiger partial charge in [0.25, 0.3) is 0 Å². The van der Waals surface area contributed by atoms with Gasteiger partial charge in [-0.05, 0) is 65.3 Å². The van der Waals surface area contributed by atoms with Gasteiger partial charge in [0.15, 0.2) is 6.29 Å². The quantitative estimate of drug-likeness (QED) is 0.0928. The van der Waals surface area contributed by atoms with Crippen molar-refractivity contribution in [3.63, 3.8) is 0 Å². The molecule has 3 saturated heterocycles. The van der Waals surface area contributed by atoms with Gasteiger partial charge < -0.3 is 35.0 Å². The van der Waals surface area contributed by atoms with E-state index in [-0.39, 0.29) is 43.5 Å². The van der Waals surface area contributed by atoms with Crippen molar-refractivity contribution in [1.29, 1.82) is 0 Å². The van der Waals surface area contributed by atoms with E-state index in [4.69, 9.17) is 14.7 Å². The molecule has 3 fully saturated rings. The summed E-state index contributed by atoms with van der Waals surface area (Å²) in [6.07, 6.45) is 1.85. The van der Waals surface area contributed by atoms with Gasteiger partial charge in [0.2, 0.25) is 17.7 Å². The molecule has 0 saturated carbocycles. The molecule has 3 unspecified atom stereocenters. The van der Waals surface area contributed by atoms with E-state index < -0.39 is 17.7 Å². The van der Waals surface area contributed by atoms with Crippen LogP contribution in [0.3, 0.4) is 0 Å². The molecule has 12 nitrogen and oxygen atoms in total. The van der Waals surface area contributed by atoms with Gasteiger partial charge in [-0.3, -0.25) is 19.6 Å². The number of ether oxygens (including phenoxy) is 2. The number of nitrogens with one attached hydrogen (secondary N) is 3. The lowest BCUT2D eigenvalue weighted by Crippen LogP contribution is -2.57. The number of carbonyl (C=O) groups excluding carboxylic acids is 3. The van der Waals surface area contributed by atoms with Crippen LogP contribution in [0.2, 0.25) is 0 Å². The molecule has 3 aliphatic rings. The first-order chi connectivity index (χ1) is 26.8. The predicted molar refractivity (Wildman–Crippen MR) is 206 cm³/mol. The second-order valence-corrected chi connectivity index (χ2v) is 14.6. The van der Waals surface area contributed by atoms with Crippen LogP contribution in [0.1, 0.15) is 73.2 Å². The number of amides is 3. The van der Waals surface area contributed by atoms with Crippen molar-refractivity contribution in [2.45, 2.75) is 75.7 Å². The SMILES string of the molecule is O=C(CCCC(=O)NCc1cccc(-c2ccc(C3OC(CN4CCC5(CC4)C(=O)NCN5c4ccccc4)CC(c4ccc(CO)cc4)O3)cc2)c1)NO. The standard InChI is InChI=1S/C43H49N5O7/c49-28-30-12-14-33(15-13-30)38-25-37(27-47-22-20-43(21-23-47)42(52)45-29-48(43)36-8-2-1-3-9-36)54-41(55-38)34-18-16-32(17-19-34)35-7-4-6-31(24-35)26-44-39(50)10-5-11-40(51)46-53/h1-4,6-9,12-19,24,37-38,41,49,53H,5,10-11,20-23,25-29H2,(H,44,50)(H,45,52)(H,46,51). The zero-order valence-corrected chi connectivity index (χ0v) is 30.9. The highest BCUT2D eigenvalue weighted by molar-refractivity contribution is 5.93. The van der Waals surface area contributed by atoms with Gasteiger partial charge in [-0.25, -0.2) is 5.48 Å². The summed E-state index contributed by atoms with van der Waals surface area (Å²) in [6, 6.07) is 34.2. The highest BCUT2D eigenvalue weighted by Gasteiger charge is 2.50. The van der Waals surface area contributed by atoms with E-state index in [1.54, 1.807) is 5.48 Å². The van der Waals surface area contributed by atoms with Crippen LogP contribution >= 0.6 is 0 Å². The Morgan fingerprint density at radius 2 is 1.55 bits per heavy atom. The van der Waals surface area contributed by atoms with Crippen LogP contribution in [0.25, 0.3) is 11.1 Å². The topological polar surface area (TPSA) is 153 Å². The summed E-state index contributed by atoms with van der Waals surface area (Å²) >= 11 is 0. The first kappa shape index (κ1) is 38.2. The first-order valence-corrected chi connectivity index (χ1v) is 19.1. The Morgan fingerprint density at radius 1 is 0.818 bits per heavy atom. The third kappa shape index (κ3) is 9.07. The molecule has 0 aromatic heterocycles. The number of aliphatic hydroxyl groups excluding tert-OH is 1. The molecule has 3 heterocycles. The minimum Gasteiger partial charge on any atom is -0.392 e. The Hall–Kier alpha value is -5.11. The predicted octanol–water partition coefficient (Wildman–Crippen LogP) is 5.11. The van der Waals surface area contributed by atoms with Gasteiger partial charge in [-0.1, -0.05) is 84.9 Å². The molecule has 1 spiro atoms. The van der Waals surface area contributed by atoms with Crippen molar-refractivity contribution in [2.75, 3.05) is 31.2 Å². The van der Waals surface area contributed by atoms with Crippen molar-refractivity contribution in [2.24, 2.45) is 0 Å². The van der Waals surface area contributed by atoms with E-state index >= 15 is 0 Å². The van der Waals surface area contributed by atoms with Crippen molar-refractivity contribution in [3.8, 4) is 11.1 Å². The fraction of sp³-hybridized carbons (Fsp3) is 0.372. The fourth-order valence-corrected chi connectivity index (χ4v) is 7.91. The van der Waals surface area contributed by atoms with Crippen molar-refractivity contribution < 1.29 is 34.2 Å². The number of para-hydroxylation sites is 1. The molecular weight excluding hydrogens is 699 g/mol. The largest absolute Gasteiger partial charge is 0.392 e. The normalized spacial score (nSPS) is 20.9. The van der Waals surface area contributed by atoms with E-state index in [2.05, 4.69) is 44.7 Å². The van der Waals surface area contributed by atoms with Crippen LogP contribution < -0.4 is 21.0 Å². The molecule has 0 aliphatic carbocycles. The number of anilines is 1. The average Bonchev–Trinajstić information content (AvgIpc) is 3.55. The average molecular weight is 748 g/mol. The molecule has 288 valence electrons. The van der Waals surface area contributed by atoms with Gasteiger partial charge >= 0.3 is 0 Å². The van der Waals surface area contributed by atoms with Crippen molar-refractivity contribution in [1.82, 2.24) is 21.0 Å². The van der Waals surface area contributed by atoms with Gasteiger partial charge in [0.1, 0.15) is 5.54 Å². The van der Waals surface area contributed by atoms with E-state index in [0.29, 0.717) is 32.6 Å². The summed E-state index contributed by atoms with van der Waals surface area (Å²) in [5, 5.41) is 24.3. The van der Waals surface area contributed by atoms with E-state index in [9.17, 15) is 19.5 Å². The molecular formula is C43H49N5O7. The van der Waals surface area contributed by atoms with Crippen LogP contribution in [0, 0.1) is 0 Å². The minimum absolute atomic E-state index is 0.0202.